The lowest BCUT2D eigenvalue weighted by atomic mass is 9.93. The van der Waals surface area contributed by atoms with Crippen LogP contribution in [0.15, 0.2) is 36.5 Å². The monoisotopic (exact) mass is 252 g/mol. The van der Waals surface area contributed by atoms with Crippen LogP contribution in [-0.2, 0) is 14.3 Å². The normalized spacial score (nSPS) is 19.5. The summed E-state index contributed by atoms with van der Waals surface area (Å²) in [4.78, 5) is 12.2. The van der Waals surface area contributed by atoms with Gasteiger partial charge in [-0.15, -0.1) is 6.58 Å². The van der Waals surface area contributed by atoms with Gasteiger partial charge in [0.2, 0.25) is 5.78 Å². The summed E-state index contributed by atoms with van der Waals surface area (Å²) in [5.74, 6) is -1.47. The average molecular weight is 252 g/mol. The summed E-state index contributed by atoms with van der Waals surface area (Å²) < 4.78 is 10.3. The molecule has 1 atom stereocenters. The number of carbonyl (C=O) groups excluding carboxylic acids is 1. The average Bonchev–Trinajstić information content (AvgIpc) is 2.41. The van der Waals surface area contributed by atoms with Gasteiger partial charge in [-0.05, 0) is 25.3 Å². The minimum Gasteiger partial charge on any atom is -0.389 e. The van der Waals surface area contributed by atoms with Crippen LogP contribution in [0, 0.1) is 0 Å². The molecule has 0 fully saturated rings. The van der Waals surface area contributed by atoms with E-state index in [1.54, 1.807) is 18.2 Å². The number of carbonyl (C=O) groups is 1. The van der Waals surface area contributed by atoms with E-state index in [0.29, 0.717) is 24.8 Å². The zero-order chi connectivity index (χ0) is 13.6. The minimum atomic E-state index is -1.29. The second-order valence-electron chi connectivity index (χ2n) is 4.15. The second kappa shape index (κ2) is 6.64. The molecule has 0 saturated heterocycles. The van der Waals surface area contributed by atoms with Crippen molar-refractivity contribution in [3.05, 3.63) is 36.5 Å². The molecule has 0 aromatic heterocycles. The first-order chi connectivity index (χ1) is 8.59. The summed E-state index contributed by atoms with van der Waals surface area (Å²) in [6.07, 6.45) is 7.97. The van der Waals surface area contributed by atoms with Gasteiger partial charge in [-0.2, -0.15) is 0 Å². The van der Waals surface area contributed by atoms with Gasteiger partial charge in [0.05, 0.1) is 6.10 Å². The van der Waals surface area contributed by atoms with Crippen molar-refractivity contribution in [2.45, 2.75) is 31.2 Å². The maximum Gasteiger partial charge on any atom is 0.253 e. The Morgan fingerprint density at radius 2 is 2.17 bits per heavy atom. The molecule has 1 unspecified atom stereocenters. The molecule has 1 aliphatic carbocycles. The molecule has 0 bridgehead atoms. The number of aliphatic hydroxyl groups excluding tert-OH is 1. The van der Waals surface area contributed by atoms with Crippen molar-refractivity contribution in [3.63, 3.8) is 0 Å². The van der Waals surface area contributed by atoms with Crippen molar-refractivity contribution in [1.82, 2.24) is 0 Å². The molecule has 0 aromatic rings. The fraction of sp³-hybridized carbons (Fsp3) is 0.500. The van der Waals surface area contributed by atoms with Gasteiger partial charge in [-0.1, -0.05) is 18.2 Å². The number of Topliss-reactive ketones (excluding diaryl/α,β-unsaturated/α-hetero) is 1. The molecule has 4 heteroatoms. The highest BCUT2D eigenvalue weighted by Gasteiger charge is 2.39. The van der Waals surface area contributed by atoms with Crippen molar-refractivity contribution in [2.75, 3.05) is 14.2 Å². The largest absolute Gasteiger partial charge is 0.389 e. The van der Waals surface area contributed by atoms with Crippen LogP contribution in [0.25, 0.3) is 0 Å². The molecular weight excluding hydrogens is 232 g/mol. The fourth-order valence-electron chi connectivity index (χ4n) is 1.89. The van der Waals surface area contributed by atoms with Gasteiger partial charge in [0.15, 0.2) is 0 Å². The summed E-state index contributed by atoms with van der Waals surface area (Å²) >= 11 is 0. The SMILES string of the molecule is C=CC(O)CCCC1=CC=CC(OC)(OC)C1=O. The highest BCUT2D eigenvalue weighted by molar-refractivity contribution is 6.03. The molecule has 0 radical (unpaired) electrons. The van der Waals surface area contributed by atoms with Crippen molar-refractivity contribution < 1.29 is 19.4 Å². The minimum absolute atomic E-state index is 0.178. The fourth-order valence-corrected chi connectivity index (χ4v) is 1.89. The standard InChI is InChI=1S/C14H20O4/c1-4-12(15)9-5-7-11-8-6-10-14(17-2,18-3)13(11)16/h4,6,8,10,12,15H,1,5,7,9H2,2-3H3. The van der Waals surface area contributed by atoms with E-state index in [0.717, 1.165) is 0 Å². The number of ketones is 1. The van der Waals surface area contributed by atoms with Crippen LogP contribution in [0.2, 0.25) is 0 Å². The molecule has 1 N–H and O–H groups in total. The molecule has 100 valence electrons. The second-order valence-corrected chi connectivity index (χ2v) is 4.15. The Bertz CT molecular complexity index is 364. The van der Waals surface area contributed by atoms with E-state index in [9.17, 15) is 9.90 Å². The zero-order valence-corrected chi connectivity index (χ0v) is 10.9. The highest BCUT2D eigenvalue weighted by atomic mass is 16.7. The van der Waals surface area contributed by atoms with E-state index in [4.69, 9.17) is 9.47 Å². The third kappa shape index (κ3) is 3.16. The quantitative estimate of drug-likeness (QED) is 0.554. The van der Waals surface area contributed by atoms with Crippen molar-refractivity contribution in [2.24, 2.45) is 0 Å². The molecule has 1 rings (SSSR count). The summed E-state index contributed by atoms with van der Waals surface area (Å²) in [5.41, 5.74) is 0.650. The van der Waals surface area contributed by atoms with Gasteiger partial charge in [0.25, 0.3) is 5.79 Å². The van der Waals surface area contributed by atoms with E-state index in [2.05, 4.69) is 6.58 Å². The van der Waals surface area contributed by atoms with E-state index < -0.39 is 11.9 Å². The molecule has 4 nitrogen and oxygen atoms in total. The maximum atomic E-state index is 12.2. The molecular formula is C14H20O4. The van der Waals surface area contributed by atoms with Gasteiger partial charge in [0, 0.05) is 19.8 Å². The summed E-state index contributed by atoms with van der Waals surface area (Å²) in [6, 6.07) is 0. The van der Waals surface area contributed by atoms with Crippen LogP contribution in [0.4, 0.5) is 0 Å². The number of hydrogen-bond donors (Lipinski definition) is 1. The van der Waals surface area contributed by atoms with Crippen LogP contribution in [-0.4, -0.2) is 37.0 Å². The molecule has 0 spiro atoms. The number of rotatable bonds is 7. The van der Waals surface area contributed by atoms with Gasteiger partial charge < -0.3 is 14.6 Å². The number of methoxy groups -OCH3 is 2. The van der Waals surface area contributed by atoms with Crippen LogP contribution >= 0.6 is 0 Å². The Hall–Kier alpha value is -1.23. The highest BCUT2D eigenvalue weighted by Crippen LogP contribution is 2.26. The number of aliphatic hydroxyl groups is 1. The number of ether oxygens (including phenoxy) is 2. The van der Waals surface area contributed by atoms with E-state index in [1.165, 1.54) is 20.3 Å². The molecule has 0 amide bonds. The van der Waals surface area contributed by atoms with Gasteiger partial charge in [-0.25, -0.2) is 0 Å². The molecule has 0 heterocycles. The lowest BCUT2D eigenvalue weighted by molar-refractivity contribution is -0.182. The topological polar surface area (TPSA) is 55.8 Å². The summed E-state index contributed by atoms with van der Waals surface area (Å²) in [5, 5.41) is 9.36. The Morgan fingerprint density at radius 1 is 1.50 bits per heavy atom. The van der Waals surface area contributed by atoms with Crippen LogP contribution in [0.1, 0.15) is 19.3 Å². The van der Waals surface area contributed by atoms with E-state index in [-0.39, 0.29) is 5.78 Å². The first-order valence-corrected chi connectivity index (χ1v) is 5.93. The predicted molar refractivity (Wildman–Crippen MR) is 69.0 cm³/mol. The van der Waals surface area contributed by atoms with Crippen molar-refractivity contribution >= 4 is 5.78 Å². The van der Waals surface area contributed by atoms with Gasteiger partial charge in [-0.3, -0.25) is 4.79 Å². The lowest BCUT2D eigenvalue weighted by Gasteiger charge is -2.29. The molecule has 18 heavy (non-hydrogen) atoms. The lowest BCUT2D eigenvalue weighted by Crippen LogP contribution is -2.42. The third-order valence-corrected chi connectivity index (χ3v) is 3.05. The first kappa shape index (κ1) is 14.8. The number of hydrogen-bond acceptors (Lipinski definition) is 4. The number of allylic oxidation sites excluding steroid dienone is 2. The first-order valence-electron chi connectivity index (χ1n) is 5.93. The van der Waals surface area contributed by atoms with Crippen LogP contribution < -0.4 is 0 Å². The van der Waals surface area contributed by atoms with E-state index >= 15 is 0 Å². The van der Waals surface area contributed by atoms with Crippen molar-refractivity contribution in [1.29, 1.82) is 0 Å². The summed E-state index contributed by atoms with van der Waals surface area (Å²) in [6.45, 7) is 3.51. The van der Waals surface area contributed by atoms with Crippen LogP contribution in [0.5, 0.6) is 0 Å². The zero-order valence-electron chi connectivity index (χ0n) is 10.9. The molecule has 0 saturated carbocycles. The van der Waals surface area contributed by atoms with E-state index in [1.807, 2.05) is 0 Å². The Morgan fingerprint density at radius 3 is 2.72 bits per heavy atom. The van der Waals surface area contributed by atoms with Crippen LogP contribution in [0.3, 0.4) is 0 Å². The maximum absolute atomic E-state index is 12.2. The van der Waals surface area contributed by atoms with Gasteiger partial charge in [0.1, 0.15) is 0 Å². The molecule has 1 aliphatic rings. The molecule has 0 aliphatic heterocycles. The van der Waals surface area contributed by atoms with Gasteiger partial charge >= 0.3 is 0 Å². The Labute approximate surface area is 108 Å². The van der Waals surface area contributed by atoms with Crippen molar-refractivity contribution in [3.8, 4) is 0 Å². The smallest absolute Gasteiger partial charge is 0.253 e. The Kier molecular flexibility index (Phi) is 5.47. The Balaban J connectivity index is 2.62. The molecule has 0 aromatic carbocycles. The summed E-state index contributed by atoms with van der Waals surface area (Å²) in [7, 11) is 2.88. The predicted octanol–water partition coefficient (Wildman–Crippen LogP) is 1.76. The third-order valence-electron chi connectivity index (χ3n) is 3.05.